The average molecular weight is 426 g/mol. The Morgan fingerprint density at radius 1 is 1.28 bits per heavy atom. The monoisotopic (exact) mass is 425 g/mol. The van der Waals surface area contributed by atoms with Crippen LogP contribution < -0.4 is 0 Å². The largest absolute Gasteiger partial charge is 0.390 e. The molecular formula is C22H26ClF2NO3. The summed E-state index contributed by atoms with van der Waals surface area (Å²) in [6.45, 7) is 1.41. The SMILES string of the molecule is O=C(CCC1(O)CCC(F)(F)CC1)c1cn(C[C@@H]2CCCO2)c2cccc(Cl)c12. The number of nitrogens with zero attached hydrogens (tertiary/aromatic N) is 1. The molecule has 1 saturated carbocycles. The van der Waals surface area contributed by atoms with Gasteiger partial charge in [0.15, 0.2) is 5.78 Å². The highest BCUT2D eigenvalue weighted by Gasteiger charge is 2.42. The van der Waals surface area contributed by atoms with E-state index in [0.29, 0.717) is 22.5 Å². The van der Waals surface area contributed by atoms with Crippen molar-refractivity contribution < 1.29 is 23.4 Å². The van der Waals surface area contributed by atoms with E-state index in [1.54, 1.807) is 6.07 Å². The van der Waals surface area contributed by atoms with Crippen molar-refractivity contribution in [3.8, 4) is 0 Å². The third kappa shape index (κ3) is 4.49. The third-order valence-electron chi connectivity index (χ3n) is 6.31. The zero-order valence-electron chi connectivity index (χ0n) is 16.3. The highest BCUT2D eigenvalue weighted by Crippen LogP contribution is 2.41. The van der Waals surface area contributed by atoms with Gasteiger partial charge in [-0.25, -0.2) is 8.78 Å². The number of Topliss-reactive ketones (excluding diaryl/α,β-unsaturated/α-hetero) is 1. The summed E-state index contributed by atoms with van der Waals surface area (Å²) in [6.07, 6.45) is 3.64. The van der Waals surface area contributed by atoms with E-state index in [0.717, 1.165) is 25.0 Å². The van der Waals surface area contributed by atoms with E-state index < -0.39 is 11.5 Å². The van der Waals surface area contributed by atoms with E-state index in [-0.39, 0.29) is 50.4 Å². The van der Waals surface area contributed by atoms with Gasteiger partial charge in [0.1, 0.15) is 0 Å². The Labute approximate surface area is 173 Å². The Morgan fingerprint density at radius 2 is 2.03 bits per heavy atom. The second-order valence-electron chi connectivity index (χ2n) is 8.47. The van der Waals surface area contributed by atoms with Gasteiger partial charge in [0.2, 0.25) is 5.92 Å². The number of aliphatic hydroxyl groups is 1. The molecule has 7 heteroatoms. The summed E-state index contributed by atoms with van der Waals surface area (Å²) >= 11 is 6.41. The van der Waals surface area contributed by atoms with Crippen LogP contribution in [0.25, 0.3) is 10.9 Å². The summed E-state index contributed by atoms with van der Waals surface area (Å²) < 4.78 is 34.5. The first-order valence-electron chi connectivity index (χ1n) is 10.3. The maximum absolute atomic E-state index is 13.4. The van der Waals surface area contributed by atoms with Gasteiger partial charge in [0.25, 0.3) is 0 Å². The van der Waals surface area contributed by atoms with Gasteiger partial charge in [-0.05, 0) is 44.2 Å². The lowest BCUT2D eigenvalue weighted by Crippen LogP contribution is -2.38. The number of halogens is 3. The molecule has 1 saturated heterocycles. The number of fused-ring (bicyclic) bond motifs is 1. The summed E-state index contributed by atoms with van der Waals surface area (Å²) in [5.41, 5.74) is 0.206. The molecule has 2 aromatic rings. The number of carbonyl (C=O) groups is 1. The van der Waals surface area contributed by atoms with E-state index in [2.05, 4.69) is 0 Å². The molecule has 4 rings (SSSR count). The Balaban J connectivity index is 1.52. The van der Waals surface area contributed by atoms with Crippen LogP contribution in [0.4, 0.5) is 8.78 Å². The number of hydrogen-bond acceptors (Lipinski definition) is 3. The molecule has 29 heavy (non-hydrogen) atoms. The summed E-state index contributed by atoms with van der Waals surface area (Å²) in [5, 5.41) is 11.8. The van der Waals surface area contributed by atoms with E-state index in [9.17, 15) is 18.7 Å². The van der Waals surface area contributed by atoms with Gasteiger partial charge in [-0.2, -0.15) is 0 Å². The first-order valence-corrected chi connectivity index (χ1v) is 10.7. The Bertz CT molecular complexity index is 895. The number of rotatable bonds is 6. The lowest BCUT2D eigenvalue weighted by molar-refractivity contribution is -0.105. The van der Waals surface area contributed by atoms with Crippen LogP contribution in [0.5, 0.6) is 0 Å². The second kappa shape index (κ2) is 7.97. The molecule has 2 aliphatic rings. The highest BCUT2D eigenvalue weighted by molar-refractivity contribution is 6.37. The smallest absolute Gasteiger partial charge is 0.248 e. The molecule has 2 fully saturated rings. The molecule has 0 radical (unpaired) electrons. The molecule has 1 N–H and O–H groups in total. The fraction of sp³-hybridized carbons (Fsp3) is 0.591. The Hall–Kier alpha value is -1.50. The van der Waals surface area contributed by atoms with Crippen LogP contribution in [0.1, 0.15) is 61.7 Å². The number of hydrogen-bond donors (Lipinski definition) is 1. The summed E-state index contributed by atoms with van der Waals surface area (Å²) in [4.78, 5) is 13.0. The highest BCUT2D eigenvalue weighted by atomic mass is 35.5. The lowest BCUT2D eigenvalue weighted by atomic mass is 9.79. The standard InChI is InChI=1S/C22H26ClF2NO3/c23-17-4-1-5-18-20(17)16(14-26(18)13-15-3-2-12-29-15)19(27)6-7-21(28)8-10-22(24,25)11-9-21/h1,4-5,14-15,28H,2-3,6-13H2/t15-/m0/s1. The minimum atomic E-state index is -2.71. The first-order chi connectivity index (χ1) is 13.8. The van der Waals surface area contributed by atoms with Crippen molar-refractivity contribution in [3.63, 3.8) is 0 Å². The zero-order valence-corrected chi connectivity index (χ0v) is 17.1. The van der Waals surface area contributed by atoms with Crippen LogP contribution >= 0.6 is 11.6 Å². The molecule has 1 aromatic carbocycles. The molecule has 0 spiro atoms. The minimum Gasteiger partial charge on any atom is -0.390 e. The quantitative estimate of drug-likeness (QED) is 0.632. The van der Waals surface area contributed by atoms with Crippen LogP contribution in [0.3, 0.4) is 0 Å². The van der Waals surface area contributed by atoms with Gasteiger partial charge in [0.05, 0.1) is 22.2 Å². The van der Waals surface area contributed by atoms with Crippen molar-refractivity contribution in [2.24, 2.45) is 0 Å². The number of alkyl halides is 2. The van der Waals surface area contributed by atoms with Gasteiger partial charge in [0, 0.05) is 49.6 Å². The average Bonchev–Trinajstić information content (AvgIpc) is 3.32. The van der Waals surface area contributed by atoms with Gasteiger partial charge < -0.3 is 14.4 Å². The van der Waals surface area contributed by atoms with Crippen molar-refractivity contribution >= 4 is 28.3 Å². The number of carbonyl (C=O) groups excluding carboxylic acids is 1. The van der Waals surface area contributed by atoms with Crippen LogP contribution in [0.2, 0.25) is 5.02 Å². The van der Waals surface area contributed by atoms with Crippen molar-refractivity contribution in [2.45, 2.75) is 75.5 Å². The van der Waals surface area contributed by atoms with Crippen molar-refractivity contribution in [3.05, 3.63) is 35.0 Å². The van der Waals surface area contributed by atoms with Crippen molar-refractivity contribution in [2.75, 3.05) is 6.61 Å². The number of ether oxygens (including phenoxy) is 1. The molecular weight excluding hydrogens is 400 g/mol. The third-order valence-corrected chi connectivity index (χ3v) is 6.62. The molecule has 1 aliphatic carbocycles. The van der Waals surface area contributed by atoms with E-state index in [4.69, 9.17) is 16.3 Å². The van der Waals surface area contributed by atoms with Crippen LogP contribution in [0.15, 0.2) is 24.4 Å². The first kappa shape index (κ1) is 20.8. The molecule has 158 valence electrons. The molecule has 1 aromatic heterocycles. The molecule has 0 bridgehead atoms. The van der Waals surface area contributed by atoms with E-state index in [1.807, 2.05) is 22.9 Å². The molecule has 1 atom stereocenters. The van der Waals surface area contributed by atoms with Crippen LogP contribution in [-0.4, -0.2) is 39.7 Å². The maximum atomic E-state index is 13.4. The molecule has 0 amide bonds. The number of benzene rings is 1. The molecule has 4 nitrogen and oxygen atoms in total. The van der Waals surface area contributed by atoms with E-state index in [1.165, 1.54) is 0 Å². The fourth-order valence-corrected chi connectivity index (χ4v) is 4.76. The van der Waals surface area contributed by atoms with Crippen molar-refractivity contribution in [1.82, 2.24) is 4.57 Å². The van der Waals surface area contributed by atoms with E-state index >= 15 is 0 Å². The van der Waals surface area contributed by atoms with Gasteiger partial charge in [-0.3, -0.25) is 4.79 Å². The predicted octanol–water partition coefficient (Wildman–Crippen LogP) is 5.38. The molecule has 2 heterocycles. The summed E-state index contributed by atoms with van der Waals surface area (Å²) in [7, 11) is 0. The lowest BCUT2D eigenvalue weighted by Gasteiger charge is -2.35. The van der Waals surface area contributed by atoms with Gasteiger partial charge >= 0.3 is 0 Å². The summed E-state index contributed by atoms with van der Waals surface area (Å²) in [5.74, 6) is -2.83. The normalized spacial score (nSPS) is 23.5. The van der Waals surface area contributed by atoms with Gasteiger partial charge in [-0.1, -0.05) is 17.7 Å². The van der Waals surface area contributed by atoms with Gasteiger partial charge in [-0.15, -0.1) is 0 Å². The zero-order chi connectivity index (χ0) is 20.6. The molecule has 1 aliphatic heterocycles. The number of aromatic nitrogens is 1. The maximum Gasteiger partial charge on any atom is 0.248 e. The topological polar surface area (TPSA) is 51.5 Å². The van der Waals surface area contributed by atoms with Crippen LogP contribution in [-0.2, 0) is 11.3 Å². The van der Waals surface area contributed by atoms with Crippen molar-refractivity contribution in [1.29, 1.82) is 0 Å². The number of ketones is 1. The second-order valence-corrected chi connectivity index (χ2v) is 8.87. The van der Waals surface area contributed by atoms with Crippen LogP contribution in [0, 0.1) is 0 Å². The Kier molecular flexibility index (Phi) is 5.70. The minimum absolute atomic E-state index is 0.0226. The molecule has 0 unspecified atom stereocenters. The predicted molar refractivity (Wildman–Crippen MR) is 108 cm³/mol. The Morgan fingerprint density at radius 3 is 2.72 bits per heavy atom. The summed E-state index contributed by atoms with van der Waals surface area (Å²) in [6, 6.07) is 5.55. The fourth-order valence-electron chi connectivity index (χ4n) is 4.49.